The highest BCUT2D eigenvalue weighted by molar-refractivity contribution is 5.76. The molecule has 0 heterocycles. The Morgan fingerprint density at radius 1 is 1.19 bits per heavy atom. The van der Waals surface area contributed by atoms with E-state index in [0.717, 1.165) is 5.56 Å². The number of amides is 1. The summed E-state index contributed by atoms with van der Waals surface area (Å²) in [6.45, 7) is 2.04. The second-order valence-corrected chi connectivity index (χ2v) is 6.33. The van der Waals surface area contributed by atoms with Gasteiger partial charge in [0, 0.05) is 13.5 Å². The first kappa shape index (κ1) is 15.9. The van der Waals surface area contributed by atoms with Crippen LogP contribution in [0.4, 0.5) is 0 Å². The van der Waals surface area contributed by atoms with Gasteiger partial charge >= 0.3 is 0 Å². The molecule has 1 aliphatic carbocycles. The number of carbonyl (C=O) groups is 1. The quantitative estimate of drug-likeness (QED) is 0.841. The fraction of sp³-hybridized carbons (Fsp3) is 0.611. The molecule has 0 aliphatic heterocycles. The van der Waals surface area contributed by atoms with Gasteiger partial charge in [-0.15, -0.1) is 0 Å². The van der Waals surface area contributed by atoms with Gasteiger partial charge in [0.2, 0.25) is 5.91 Å². The van der Waals surface area contributed by atoms with Crippen LogP contribution in [0.1, 0.15) is 63.5 Å². The van der Waals surface area contributed by atoms with Crippen LogP contribution in [0, 0.1) is 5.92 Å². The molecule has 0 aromatic heterocycles. The molecule has 21 heavy (non-hydrogen) atoms. The average molecular weight is 289 g/mol. The first-order valence-electron chi connectivity index (χ1n) is 8.12. The normalized spacial score (nSPS) is 18.0. The molecule has 1 aromatic carbocycles. The SMILES string of the molecule is CC(c1ccc(O)cc1)N(C)C(=O)CC1CCCCCC1. The van der Waals surface area contributed by atoms with E-state index in [9.17, 15) is 9.90 Å². The lowest BCUT2D eigenvalue weighted by Gasteiger charge is -2.27. The van der Waals surface area contributed by atoms with E-state index in [4.69, 9.17) is 0 Å². The number of hydrogen-bond acceptors (Lipinski definition) is 2. The van der Waals surface area contributed by atoms with Crippen molar-refractivity contribution in [3.63, 3.8) is 0 Å². The molecule has 1 unspecified atom stereocenters. The highest BCUT2D eigenvalue weighted by Crippen LogP contribution is 2.28. The molecule has 0 radical (unpaired) electrons. The maximum absolute atomic E-state index is 12.5. The minimum atomic E-state index is 0.0453. The zero-order valence-corrected chi connectivity index (χ0v) is 13.2. The molecular weight excluding hydrogens is 262 g/mol. The van der Waals surface area contributed by atoms with E-state index >= 15 is 0 Å². The zero-order chi connectivity index (χ0) is 15.2. The van der Waals surface area contributed by atoms with E-state index < -0.39 is 0 Å². The smallest absolute Gasteiger partial charge is 0.223 e. The summed E-state index contributed by atoms with van der Waals surface area (Å²) >= 11 is 0. The maximum Gasteiger partial charge on any atom is 0.223 e. The van der Waals surface area contributed by atoms with Crippen LogP contribution in [0.3, 0.4) is 0 Å². The largest absolute Gasteiger partial charge is 0.508 e. The van der Waals surface area contributed by atoms with Crippen LogP contribution < -0.4 is 0 Å². The molecule has 1 aromatic rings. The third kappa shape index (κ3) is 4.48. The van der Waals surface area contributed by atoms with Crippen molar-refractivity contribution >= 4 is 5.91 Å². The third-order valence-electron chi connectivity index (χ3n) is 4.79. The van der Waals surface area contributed by atoms with Gasteiger partial charge in [-0.05, 0) is 43.4 Å². The molecule has 3 heteroatoms. The van der Waals surface area contributed by atoms with Crippen LogP contribution in [0.15, 0.2) is 24.3 Å². The van der Waals surface area contributed by atoms with E-state index in [2.05, 4.69) is 0 Å². The second-order valence-electron chi connectivity index (χ2n) is 6.33. The van der Waals surface area contributed by atoms with Crippen LogP contribution in [0.25, 0.3) is 0 Å². The molecule has 0 saturated heterocycles. The van der Waals surface area contributed by atoms with E-state index in [-0.39, 0.29) is 17.7 Å². The van der Waals surface area contributed by atoms with Crippen LogP contribution in [-0.2, 0) is 4.79 Å². The molecule has 1 saturated carbocycles. The maximum atomic E-state index is 12.5. The number of phenols is 1. The summed E-state index contributed by atoms with van der Waals surface area (Å²) < 4.78 is 0. The molecule has 116 valence electrons. The number of rotatable bonds is 4. The summed E-state index contributed by atoms with van der Waals surface area (Å²) in [6.07, 6.45) is 8.28. The molecule has 1 amide bonds. The van der Waals surface area contributed by atoms with Crippen LogP contribution in [0.5, 0.6) is 5.75 Å². The first-order valence-corrected chi connectivity index (χ1v) is 8.12. The highest BCUT2D eigenvalue weighted by Gasteiger charge is 2.22. The Bertz CT molecular complexity index is 447. The predicted octanol–water partition coefficient (Wildman–Crippen LogP) is 4.27. The molecule has 1 aliphatic rings. The number of hydrogen-bond donors (Lipinski definition) is 1. The molecule has 3 nitrogen and oxygen atoms in total. The summed E-state index contributed by atoms with van der Waals surface area (Å²) in [7, 11) is 1.89. The average Bonchev–Trinajstić information content (AvgIpc) is 2.75. The van der Waals surface area contributed by atoms with E-state index in [1.807, 2.05) is 31.0 Å². The lowest BCUT2D eigenvalue weighted by Crippen LogP contribution is -2.31. The van der Waals surface area contributed by atoms with Gasteiger partial charge < -0.3 is 10.0 Å². The standard InChI is InChI=1S/C18H27NO2/c1-14(16-9-11-17(20)12-10-16)19(2)18(21)13-15-7-5-3-4-6-8-15/h9-12,14-15,20H,3-8,13H2,1-2H3. The molecule has 0 bridgehead atoms. The van der Waals surface area contributed by atoms with E-state index in [1.54, 1.807) is 12.1 Å². The number of benzene rings is 1. The lowest BCUT2D eigenvalue weighted by atomic mass is 9.95. The lowest BCUT2D eigenvalue weighted by molar-refractivity contribution is -0.132. The zero-order valence-electron chi connectivity index (χ0n) is 13.2. The van der Waals surface area contributed by atoms with Gasteiger partial charge in [0.15, 0.2) is 0 Å². The van der Waals surface area contributed by atoms with Gasteiger partial charge in [0.1, 0.15) is 5.75 Å². The summed E-state index contributed by atoms with van der Waals surface area (Å²) in [5.74, 6) is 1.07. The molecular formula is C18H27NO2. The fourth-order valence-corrected chi connectivity index (χ4v) is 3.15. The van der Waals surface area contributed by atoms with Gasteiger partial charge in [0.05, 0.1) is 6.04 Å². The number of phenolic OH excluding ortho intramolecular Hbond substituents is 1. The molecule has 1 atom stereocenters. The van der Waals surface area contributed by atoms with Crippen molar-refractivity contribution in [2.24, 2.45) is 5.92 Å². The van der Waals surface area contributed by atoms with Crippen molar-refractivity contribution in [2.75, 3.05) is 7.05 Å². The minimum Gasteiger partial charge on any atom is -0.508 e. The van der Waals surface area contributed by atoms with Crippen molar-refractivity contribution < 1.29 is 9.90 Å². The Balaban J connectivity index is 1.92. The third-order valence-corrected chi connectivity index (χ3v) is 4.79. The van der Waals surface area contributed by atoms with E-state index in [1.165, 1.54) is 38.5 Å². The van der Waals surface area contributed by atoms with E-state index in [0.29, 0.717) is 12.3 Å². The minimum absolute atomic E-state index is 0.0453. The summed E-state index contributed by atoms with van der Waals surface area (Å²) in [5, 5.41) is 9.35. The van der Waals surface area contributed by atoms with Crippen LogP contribution in [0.2, 0.25) is 0 Å². The second kappa shape index (κ2) is 7.48. The van der Waals surface area contributed by atoms with Crippen molar-refractivity contribution in [3.05, 3.63) is 29.8 Å². The number of carbonyl (C=O) groups excluding carboxylic acids is 1. The first-order chi connectivity index (χ1) is 10.1. The molecule has 0 spiro atoms. The van der Waals surface area contributed by atoms with Gasteiger partial charge in [-0.1, -0.05) is 37.8 Å². The van der Waals surface area contributed by atoms with Gasteiger partial charge in [0.25, 0.3) is 0 Å². The summed E-state index contributed by atoms with van der Waals surface area (Å²) in [6, 6.07) is 7.17. The Kier molecular flexibility index (Phi) is 5.66. The topological polar surface area (TPSA) is 40.5 Å². The van der Waals surface area contributed by atoms with Crippen molar-refractivity contribution in [2.45, 2.75) is 57.9 Å². The van der Waals surface area contributed by atoms with Gasteiger partial charge in [-0.25, -0.2) is 0 Å². The molecule has 1 N–H and O–H groups in total. The molecule has 1 fully saturated rings. The number of nitrogens with zero attached hydrogens (tertiary/aromatic N) is 1. The summed E-state index contributed by atoms with van der Waals surface area (Å²) in [4.78, 5) is 14.3. The Morgan fingerprint density at radius 2 is 1.76 bits per heavy atom. The predicted molar refractivity (Wildman–Crippen MR) is 85.1 cm³/mol. The Morgan fingerprint density at radius 3 is 2.33 bits per heavy atom. The van der Waals surface area contributed by atoms with Crippen LogP contribution >= 0.6 is 0 Å². The van der Waals surface area contributed by atoms with Crippen LogP contribution in [-0.4, -0.2) is 23.0 Å². The fourth-order valence-electron chi connectivity index (χ4n) is 3.15. The monoisotopic (exact) mass is 289 g/mol. The number of aromatic hydroxyl groups is 1. The van der Waals surface area contributed by atoms with Crippen molar-refractivity contribution in [3.8, 4) is 5.75 Å². The molecule has 2 rings (SSSR count). The van der Waals surface area contributed by atoms with Gasteiger partial charge in [-0.2, -0.15) is 0 Å². The Hall–Kier alpha value is -1.51. The van der Waals surface area contributed by atoms with Crippen molar-refractivity contribution in [1.29, 1.82) is 0 Å². The summed E-state index contributed by atoms with van der Waals surface area (Å²) in [5.41, 5.74) is 1.06. The highest BCUT2D eigenvalue weighted by atomic mass is 16.3. The van der Waals surface area contributed by atoms with Gasteiger partial charge in [-0.3, -0.25) is 4.79 Å². The van der Waals surface area contributed by atoms with Crippen molar-refractivity contribution in [1.82, 2.24) is 4.90 Å². The Labute approximate surface area is 128 Å².